The third-order valence-corrected chi connectivity index (χ3v) is 3.75. The van der Waals surface area contributed by atoms with E-state index in [0.717, 1.165) is 12.8 Å². The van der Waals surface area contributed by atoms with E-state index in [1.165, 1.54) is 33.0 Å². The van der Waals surface area contributed by atoms with Crippen LogP contribution in [0, 0.1) is 0 Å². The summed E-state index contributed by atoms with van der Waals surface area (Å²) in [4.78, 5) is 0. The molecule has 0 aromatic heterocycles. The molecular formula is C18H18. The van der Waals surface area contributed by atoms with Crippen molar-refractivity contribution in [3.05, 3.63) is 65.3 Å². The third-order valence-electron chi connectivity index (χ3n) is 3.75. The minimum atomic E-state index is 1.09. The molecule has 0 saturated heterocycles. The van der Waals surface area contributed by atoms with Crippen molar-refractivity contribution in [3.8, 4) is 0 Å². The van der Waals surface area contributed by atoms with E-state index in [9.17, 15) is 0 Å². The van der Waals surface area contributed by atoms with Crippen molar-refractivity contribution in [1.82, 2.24) is 0 Å². The van der Waals surface area contributed by atoms with Crippen LogP contribution >= 0.6 is 0 Å². The molecule has 0 radical (unpaired) electrons. The zero-order valence-corrected chi connectivity index (χ0v) is 11.0. The number of benzene rings is 2. The Hall–Kier alpha value is -1.82. The SMILES string of the molecule is C/C=C1\C(=C/CC)Cc2ccc3ccccc3c21. The predicted molar refractivity (Wildman–Crippen MR) is 79.7 cm³/mol. The molecule has 0 aliphatic heterocycles. The lowest BCUT2D eigenvalue weighted by Crippen LogP contribution is -1.84. The maximum Gasteiger partial charge on any atom is -0.00165 e. The van der Waals surface area contributed by atoms with Crippen molar-refractivity contribution in [2.24, 2.45) is 0 Å². The van der Waals surface area contributed by atoms with Gasteiger partial charge < -0.3 is 0 Å². The molecule has 0 nitrogen and oxygen atoms in total. The fraction of sp³-hybridized carbons (Fsp3) is 0.222. The van der Waals surface area contributed by atoms with Crippen LogP contribution in [-0.4, -0.2) is 0 Å². The molecule has 0 N–H and O–H groups in total. The third kappa shape index (κ3) is 1.60. The minimum absolute atomic E-state index is 1.09. The first-order valence-corrected chi connectivity index (χ1v) is 6.72. The van der Waals surface area contributed by atoms with E-state index in [0.29, 0.717) is 0 Å². The standard InChI is InChI=1S/C18H18/c1-3-7-14-12-15-11-10-13-8-5-6-9-17(13)18(15)16(14)4-2/h4-11H,3,12H2,1-2H3/b14-7-,16-4+. The second-order valence-electron chi connectivity index (χ2n) is 4.84. The van der Waals surface area contributed by atoms with E-state index in [-0.39, 0.29) is 0 Å². The highest BCUT2D eigenvalue weighted by molar-refractivity contribution is 6.01. The van der Waals surface area contributed by atoms with Crippen molar-refractivity contribution in [2.75, 3.05) is 0 Å². The van der Waals surface area contributed by atoms with Gasteiger partial charge in [0.05, 0.1) is 0 Å². The quantitative estimate of drug-likeness (QED) is 0.641. The maximum absolute atomic E-state index is 2.37. The van der Waals surface area contributed by atoms with Crippen molar-refractivity contribution < 1.29 is 0 Å². The Morgan fingerprint density at radius 1 is 1.11 bits per heavy atom. The summed E-state index contributed by atoms with van der Waals surface area (Å²) in [6, 6.07) is 13.2. The van der Waals surface area contributed by atoms with Crippen molar-refractivity contribution in [2.45, 2.75) is 26.7 Å². The molecule has 0 spiro atoms. The van der Waals surface area contributed by atoms with Gasteiger partial charge in [-0.25, -0.2) is 0 Å². The molecule has 18 heavy (non-hydrogen) atoms. The molecule has 0 fully saturated rings. The van der Waals surface area contributed by atoms with Gasteiger partial charge in [-0.1, -0.05) is 55.5 Å². The topological polar surface area (TPSA) is 0 Å². The Balaban J connectivity index is 2.31. The van der Waals surface area contributed by atoms with Gasteiger partial charge in [-0.05, 0) is 52.8 Å². The highest BCUT2D eigenvalue weighted by Gasteiger charge is 2.21. The van der Waals surface area contributed by atoms with Crippen molar-refractivity contribution >= 4 is 16.3 Å². The zero-order chi connectivity index (χ0) is 12.5. The van der Waals surface area contributed by atoms with Crippen molar-refractivity contribution in [3.63, 3.8) is 0 Å². The summed E-state index contributed by atoms with van der Waals surface area (Å²) in [6.07, 6.45) is 6.83. The van der Waals surface area contributed by atoms with Crippen LogP contribution < -0.4 is 0 Å². The molecule has 2 aromatic carbocycles. The van der Waals surface area contributed by atoms with E-state index in [2.05, 4.69) is 62.4 Å². The fourth-order valence-corrected chi connectivity index (χ4v) is 3.00. The Kier molecular flexibility index (Phi) is 2.79. The van der Waals surface area contributed by atoms with Gasteiger partial charge in [-0.3, -0.25) is 0 Å². The van der Waals surface area contributed by atoms with Crippen molar-refractivity contribution in [1.29, 1.82) is 0 Å². The van der Waals surface area contributed by atoms with Crippen LogP contribution in [0.1, 0.15) is 31.4 Å². The normalized spacial score (nSPS) is 18.8. The second-order valence-corrected chi connectivity index (χ2v) is 4.84. The highest BCUT2D eigenvalue weighted by atomic mass is 14.3. The van der Waals surface area contributed by atoms with Gasteiger partial charge in [0.2, 0.25) is 0 Å². The Morgan fingerprint density at radius 3 is 2.72 bits per heavy atom. The smallest absolute Gasteiger partial charge is 0.00165 e. The van der Waals surface area contributed by atoms with E-state index in [1.54, 1.807) is 0 Å². The Labute approximate surface area is 109 Å². The maximum atomic E-state index is 2.37. The van der Waals surface area contributed by atoms with Crippen LogP contribution in [0.5, 0.6) is 0 Å². The number of hydrogen-bond acceptors (Lipinski definition) is 0. The molecule has 0 amide bonds. The second kappa shape index (κ2) is 4.45. The molecule has 1 aliphatic carbocycles. The largest absolute Gasteiger partial charge is 0.0806 e. The molecular weight excluding hydrogens is 216 g/mol. The van der Waals surface area contributed by atoms with E-state index < -0.39 is 0 Å². The van der Waals surface area contributed by atoms with Crippen LogP contribution in [-0.2, 0) is 6.42 Å². The monoisotopic (exact) mass is 234 g/mol. The van der Waals surface area contributed by atoms with Gasteiger partial charge in [0.1, 0.15) is 0 Å². The summed E-state index contributed by atoms with van der Waals surface area (Å²) in [6.45, 7) is 4.36. The van der Waals surface area contributed by atoms with Gasteiger partial charge in [0.15, 0.2) is 0 Å². The van der Waals surface area contributed by atoms with Gasteiger partial charge in [-0.2, -0.15) is 0 Å². The molecule has 0 unspecified atom stereocenters. The lowest BCUT2D eigenvalue weighted by atomic mass is 9.97. The predicted octanol–water partition coefficient (Wildman–Crippen LogP) is 5.14. The lowest BCUT2D eigenvalue weighted by molar-refractivity contribution is 1.16. The highest BCUT2D eigenvalue weighted by Crippen LogP contribution is 2.41. The molecule has 3 rings (SSSR count). The first-order valence-electron chi connectivity index (χ1n) is 6.72. The average Bonchev–Trinajstić information content (AvgIpc) is 2.77. The summed E-state index contributed by atoms with van der Waals surface area (Å²) in [5.74, 6) is 0. The molecule has 2 aromatic rings. The Morgan fingerprint density at radius 2 is 1.94 bits per heavy atom. The lowest BCUT2D eigenvalue weighted by Gasteiger charge is -2.06. The van der Waals surface area contributed by atoms with Crippen LogP contribution in [0.15, 0.2) is 54.1 Å². The van der Waals surface area contributed by atoms with E-state index >= 15 is 0 Å². The molecule has 0 heteroatoms. The van der Waals surface area contributed by atoms with Gasteiger partial charge >= 0.3 is 0 Å². The van der Waals surface area contributed by atoms with Gasteiger partial charge in [0.25, 0.3) is 0 Å². The summed E-state index contributed by atoms with van der Waals surface area (Å²) >= 11 is 0. The molecule has 90 valence electrons. The zero-order valence-electron chi connectivity index (χ0n) is 11.0. The summed E-state index contributed by atoms with van der Waals surface area (Å²) in [5, 5.41) is 2.73. The average molecular weight is 234 g/mol. The van der Waals surface area contributed by atoms with Gasteiger partial charge in [-0.15, -0.1) is 0 Å². The molecule has 0 saturated carbocycles. The molecule has 1 aliphatic rings. The number of rotatable bonds is 1. The summed E-state index contributed by atoms with van der Waals surface area (Å²) in [5.41, 5.74) is 5.85. The van der Waals surface area contributed by atoms with E-state index in [4.69, 9.17) is 0 Å². The molecule has 0 heterocycles. The van der Waals surface area contributed by atoms with Crippen LogP contribution in [0.2, 0.25) is 0 Å². The van der Waals surface area contributed by atoms with Gasteiger partial charge in [0, 0.05) is 0 Å². The first kappa shape index (κ1) is 11.3. The first-order chi connectivity index (χ1) is 8.85. The summed E-state index contributed by atoms with van der Waals surface area (Å²) in [7, 11) is 0. The fourth-order valence-electron chi connectivity index (χ4n) is 3.00. The van der Waals surface area contributed by atoms with Crippen LogP contribution in [0.25, 0.3) is 16.3 Å². The molecule has 0 bridgehead atoms. The number of fused-ring (bicyclic) bond motifs is 3. The van der Waals surface area contributed by atoms with Crippen LogP contribution in [0.3, 0.4) is 0 Å². The Bertz CT molecular complexity index is 657. The minimum Gasteiger partial charge on any atom is -0.0806 e. The molecule has 0 atom stereocenters. The van der Waals surface area contributed by atoms with Crippen LogP contribution in [0.4, 0.5) is 0 Å². The summed E-state index contributed by atoms with van der Waals surface area (Å²) < 4.78 is 0. The van der Waals surface area contributed by atoms with E-state index in [1.807, 2.05) is 0 Å². The number of allylic oxidation sites excluding steroid dienone is 4. The number of hydrogen-bond donors (Lipinski definition) is 0.